The Hall–Kier alpha value is -0.470. The third-order valence-electron chi connectivity index (χ3n) is 2.38. The Morgan fingerprint density at radius 1 is 1.21 bits per heavy atom. The van der Waals surface area contributed by atoms with Crippen LogP contribution in [0.2, 0.25) is 0 Å². The Bertz CT molecular complexity index is 252. The largest absolute Gasteiger partial charge is 0.396 e. The highest BCUT2D eigenvalue weighted by molar-refractivity contribution is 7.99. The lowest BCUT2D eigenvalue weighted by Crippen LogP contribution is -2.01. The molecule has 0 amide bonds. The third-order valence-corrected chi connectivity index (χ3v) is 3.27. The Labute approximate surface area is 90.5 Å². The summed E-state index contributed by atoms with van der Waals surface area (Å²) in [5.41, 5.74) is 1.25. The lowest BCUT2D eigenvalue weighted by atomic mass is 9.98. The van der Waals surface area contributed by atoms with Crippen LogP contribution in [0.15, 0.2) is 29.2 Å². The van der Waals surface area contributed by atoms with Crippen molar-refractivity contribution in [2.45, 2.75) is 31.1 Å². The predicted octanol–water partition coefficient (Wildman–Crippen LogP) is 3.28. The number of aliphatic hydroxyl groups is 1. The van der Waals surface area contributed by atoms with Gasteiger partial charge in [-0.2, -0.15) is 0 Å². The molecular weight excluding hydrogens is 192 g/mol. The molecule has 1 atom stereocenters. The first-order chi connectivity index (χ1) is 6.81. The summed E-state index contributed by atoms with van der Waals surface area (Å²) in [6.07, 6.45) is 0.997. The maximum Gasteiger partial charge on any atom is 0.0499 e. The topological polar surface area (TPSA) is 20.2 Å². The van der Waals surface area contributed by atoms with Crippen LogP contribution in [0.5, 0.6) is 0 Å². The Morgan fingerprint density at radius 3 is 2.29 bits per heavy atom. The molecule has 2 heteroatoms. The normalized spacial score (nSPS) is 12.8. The molecule has 0 saturated heterocycles. The number of hydrogen-bond donors (Lipinski definition) is 1. The molecule has 1 N–H and O–H groups in total. The summed E-state index contributed by atoms with van der Waals surface area (Å²) in [4.78, 5) is 1.31. The predicted molar refractivity (Wildman–Crippen MR) is 63.0 cm³/mol. The SMILES string of the molecule is CCSc1ccc([C@@H](CC)CO)cc1. The number of hydrogen-bond acceptors (Lipinski definition) is 2. The minimum Gasteiger partial charge on any atom is -0.396 e. The Balaban J connectivity index is 2.71. The fraction of sp³-hybridized carbons (Fsp3) is 0.500. The molecule has 0 aliphatic heterocycles. The molecule has 0 spiro atoms. The molecule has 1 aromatic carbocycles. The van der Waals surface area contributed by atoms with Crippen LogP contribution in [-0.4, -0.2) is 17.5 Å². The van der Waals surface area contributed by atoms with Gasteiger partial charge >= 0.3 is 0 Å². The highest BCUT2D eigenvalue weighted by Gasteiger charge is 2.06. The van der Waals surface area contributed by atoms with Gasteiger partial charge in [-0.25, -0.2) is 0 Å². The van der Waals surface area contributed by atoms with Crippen molar-refractivity contribution in [1.82, 2.24) is 0 Å². The molecule has 0 aliphatic rings. The van der Waals surface area contributed by atoms with Gasteiger partial charge in [0.1, 0.15) is 0 Å². The smallest absolute Gasteiger partial charge is 0.0499 e. The van der Waals surface area contributed by atoms with Crippen LogP contribution in [0.25, 0.3) is 0 Å². The molecule has 0 fully saturated rings. The van der Waals surface area contributed by atoms with E-state index < -0.39 is 0 Å². The van der Waals surface area contributed by atoms with Crippen molar-refractivity contribution in [3.8, 4) is 0 Å². The first kappa shape index (κ1) is 11.6. The van der Waals surface area contributed by atoms with Gasteiger partial charge in [0.25, 0.3) is 0 Å². The number of thioether (sulfide) groups is 1. The summed E-state index contributed by atoms with van der Waals surface area (Å²) < 4.78 is 0. The van der Waals surface area contributed by atoms with Gasteiger partial charge in [-0.3, -0.25) is 0 Å². The van der Waals surface area contributed by atoms with E-state index >= 15 is 0 Å². The van der Waals surface area contributed by atoms with Gasteiger partial charge in [0.2, 0.25) is 0 Å². The van der Waals surface area contributed by atoms with Crippen LogP contribution in [0.1, 0.15) is 31.7 Å². The molecule has 1 rings (SSSR count). The standard InChI is InChI=1S/C12H18OS/c1-3-10(9-13)11-5-7-12(8-6-11)14-4-2/h5-8,10,13H,3-4,9H2,1-2H3/t10-/m0/s1. The molecule has 0 unspecified atom stereocenters. The van der Waals surface area contributed by atoms with Gasteiger partial charge < -0.3 is 5.11 Å². The molecule has 0 saturated carbocycles. The zero-order valence-corrected chi connectivity index (χ0v) is 9.68. The van der Waals surface area contributed by atoms with Crippen LogP contribution in [-0.2, 0) is 0 Å². The fourth-order valence-electron chi connectivity index (χ4n) is 1.47. The first-order valence-electron chi connectivity index (χ1n) is 5.15. The summed E-state index contributed by atoms with van der Waals surface area (Å²) in [7, 11) is 0. The van der Waals surface area contributed by atoms with Crippen LogP contribution in [0.3, 0.4) is 0 Å². The minimum absolute atomic E-state index is 0.247. The molecule has 14 heavy (non-hydrogen) atoms. The Kier molecular flexibility index (Phi) is 5.05. The zero-order valence-electron chi connectivity index (χ0n) is 8.86. The average molecular weight is 210 g/mol. The van der Waals surface area contributed by atoms with Crippen LogP contribution in [0.4, 0.5) is 0 Å². The van der Waals surface area contributed by atoms with E-state index in [0.717, 1.165) is 12.2 Å². The first-order valence-corrected chi connectivity index (χ1v) is 6.14. The summed E-state index contributed by atoms with van der Waals surface area (Å²) in [6, 6.07) is 8.54. The lowest BCUT2D eigenvalue weighted by molar-refractivity contribution is 0.262. The van der Waals surface area contributed by atoms with Gasteiger partial charge in [0, 0.05) is 17.4 Å². The van der Waals surface area contributed by atoms with Crippen molar-refractivity contribution >= 4 is 11.8 Å². The van der Waals surface area contributed by atoms with E-state index in [4.69, 9.17) is 5.11 Å². The second kappa shape index (κ2) is 6.10. The summed E-state index contributed by atoms with van der Waals surface area (Å²) in [5, 5.41) is 9.15. The van der Waals surface area contributed by atoms with E-state index in [-0.39, 0.29) is 6.61 Å². The van der Waals surface area contributed by atoms with Crippen LogP contribution in [0, 0.1) is 0 Å². The maximum absolute atomic E-state index is 9.15. The number of benzene rings is 1. The van der Waals surface area contributed by atoms with E-state index in [1.807, 2.05) is 11.8 Å². The maximum atomic E-state index is 9.15. The Morgan fingerprint density at radius 2 is 1.86 bits per heavy atom. The second-order valence-electron chi connectivity index (χ2n) is 3.29. The van der Waals surface area contributed by atoms with Crippen molar-refractivity contribution in [2.24, 2.45) is 0 Å². The van der Waals surface area contributed by atoms with Crippen LogP contribution < -0.4 is 0 Å². The van der Waals surface area contributed by atoms with Crippen molar-refractivity contribution in [3.63, 3.8) is 0 Å². The number of rotatable bonds is 5. The quantitative estimate of drug-likeness (QED) is 0.753. The summed E-state index contributed by atoms with van der Waals surface area (Å²) >= 11 is 1.85. The van der Waals surface area contributed by atoms with Crippen molar-refractivity contribution in [2.75, 3.05) is 12.4 Å². The third kappa shape index (κ3) is 3.03. The molecular formula is C12H18OS. The van der Waals surface area contributed by atoms with Gasteiger partial charge in [-0.05, 0) is 29.9 Å². The zero-order chi connectivity index (χ0) is 10.4. The van der Waals surface area contributed by atoms with Crippen molar-refractivity contribution < 1.29 is 5.11 Å². The van der Waals surface area contributed by atoms with Gasteiger partial charge in [-0.1, -0.05) is 26.0 Å². The monoisotopic (exact) mass is 210 g/mol. The minimum atomic E-state index is 0.247. The molecule has 0 aliphatic carbocycles. The van der Waals surface area contributed by atoms with Gasteiger partial charge in [0.15, 0.2) is 0 Å². The average Bonchev–Trinajstić information content (AvgIpc) is 2.23. The molecule has 0 bridgehead atoms. The van der Waals surface area contributed by atoms with E-state index in [2.05, 4.69) is 38.1 Å². The summed E-state index contributed by atoms with van der Waals surface area (Å²) in [6.45, 7) is 4.51. The molecule has 0 heterocycles. The molecule has 0 radical (unpaired) electrons. The van der Waals surface area contributed by atoms with E-state index in [9.17, 15) is 0 Å². The highest BCUT2D eigenvalue weighted by Crippen LogP contribution is 2.23. The van der Waals surface area contributed by atoms with E-state index in [0.29, 0.717) is 5.92 Å². The highest BCUT2D eigenvalue weighted by atomic mass is 32.2. The second-order valence-corrected chi connectivity index (χ2v) is 4.63. The number of aliphatic hydroxyl groups excluding tert-OH is 1. The molecule has 1 nitrogen and oxygen atoms in total. The fourth-order valence-corrected chi connectivity index (χ4v) is 2.13. The lowest BCUT2D eigenvalue weighted by Gasteiger charge is -2.12. The molecule has 0 aromatic heterocycles. The molecule has 78 valence electrons. The van der Waals surface area contributed by atoms with Gasteiger partial charge in [-0.15, -0.1) is 11.8 Å². The van der Waals surface area contributed by atoms with E-state index in [1.54, 1.807) is 0 Å². The van der Waals surface area contributed by atoms with Crippen LogP contribution >= 0.6 is 11.8 Å². The summed E-state index contributed by atoms with van der Waals surface area (Å²) in [5.74, 6) is 1.41. The van der Waals surface area contributed by atoms with Gasteiger partial charge in [0.05, 0.1) is 0 Å². The van der Waals surface area contributed by atoms with Crippen molar-refractivity contribution in [3.05, 3.63) is 29.8 Å². The molecule has 1 aromatic rings. The van der Waals surface area contributed by atoms with Crippen molar-refractivity contribution in [1.29, 1.82) is 0 Å². The van der Waals surface area contributed by atoms with E-state index in [1.165, 1.54) is 10.5 Å².